The van der Waals surface area contributed by atoms with Gasteiger partial charge in [0.05, 0.1) is 5.52 Å². The van der Waals surface area contributed by atoms with Crippen molar-refractivity contribution in [2.24, 2.45) is 5.92 Å². The molecule has 2 aromatic heterocycles. The quantitative estimate of drug-likeness (QED) is 0.709. The lowest BCUT2D eigenvalue weighted by atomic mass is 10.2. The Kier molecular flexibility index (Phi) is 6.52. The Morgan fingerprint density at radius 2 is 1.96 bits per heavy atom. The van der Waals surface area contributed by atoms with Crippen molar-refractivity contribution in [1.82, 2.24) is 24.9 Å². The van der Waals surface area contributed by atoms with E-state index in [-0.39, 0.29) is 23.3 Å². The van der Waals surface area contributed by atoms with E-state index in [1.807, 2.05) is 40.1 Å². The van der Waals surface area contributed by atoms with Crippen LogP contribution in [0.4, 0.5) is 0 Å². The monoisotopic (exact) mass is 345 g/mol. The molecule has 25 heavy (non-hydrogen) atoms. The lowest BCUT2D eigenvalue weighted by molar-refractivity contribution is 0.0938. The Labute approximate surface area is 148 Å². The van der Waals surface area contributed by atoms with E-state index in [9.17, 15) is 9.59 Å². The van der Waals surface area contributed by atoms with E-state index in [0.29, 0.717) is 24.5 Å². The number of amides is 2. The van der Waals surface area contributed by atoms with Gasteiger partial charge in [0.2, 0.25) is 5.82 Å². The molecule has 0 saturated heterocycles. The topological polar surface area (TPSA) is 78.7 Å². The fourth-order valence-electron chi connectivity index (χ4n) is 2.42. The molecule has 0 aliphatic carbocycles. The number of nitrogens with zero attached hydrogens (tertiary/aromatic N) is 3. The van der Waals surface area contributed by atoms with Crippen molar-refractivity contribution in [3.05, 3.63) is 35.9 Å². The van der Waals surface area contributed by atoms with Crippen molar-refractivity contribution in [2.75, 3.05) is 33.7 Å². The van der Waals surface area contributed by atoms with Gasteiger partial charge in [0.25, 0.3) is 11.8 Å². The fourth-order valence-corrected chi connectivity index (χ4v) is 2.42. The van der Waals surface area contributed by atoms with Gasteiger partial charge in [-0.25, -0.2) is 4.98 Å². The zero-order valence-corrected chi connectivity index (χ0v) is 15.4. The van der Waals surface area contributed by atoms with Gasteiger partial charge in [0.1, 0.15) is 0 Å². The van der Waals surface area contributed by atoms with E-state index in [4.69, 9.17) is 0 Å². The van der Waals surface area contributed by atoms with Gasteiger partial charge in [-0.05, 0) is 45.1 Å². The highest BCUT2D eigenvalue weighted by atomic mass is 16.2. The molecule has 2 amide bonds. The molecule has 2 heterocycles. The number of carbonyl (C=O) groups excluding carboxylic acids is 2. The van der Waals surface area contributed by atoms with Gasteiger partial charge in [-0.15, -0.1) is 0 Å². The SMILES string of the molecule is CC(C)CNC(=O)c1nc(C(=O)NCCCN(C)C)c2ccccn12. The van der Waals surface area contributed by atoms with Crippen molar-refractivity contribution in [3.63, 3.8) is 0 Å². The maximum absolute atomic E-state index is 12.5. The van der Waals surface area contributed by atoms with Crippen molar-refractivity contribution in [3.8, 4) is 0 Å². The summed E-state index contributed by atoms with van der Waals surface area (Å²) >= 11 is 0. The van der Waals surface area contributed by atoms with Gasteiger partial charge in [0.15, 0.2) is 5.69 Å². The maximum atomic E-state index is 12.5. The maximum Gasteiger partial charge on any atom is 0.287 e. The van der Waals surface area contributed by atoms with Gasteiger partial charge in [-0.2, -0.15) is 0 Å². The van der Waals surface area contributed by atoms with Crippen LogP contribution in [0.3, 0.4) is 0 Å². The molecular formula is C18H27N5O2. The number of imidazole rings is 1. The van der Waals surface area contributed by atoms with Gasteiger partial charge in [-0.1, -0.05) is 19.9 Å². The summed E-state index contributed by atoms with van der Waals surface area (Å²) < 4.78 is 1.66. The van der Waals surface area contributed by atoms with Crippen molar-refractivity contribution in [1.29, 1.82) is 0 Å². The van der Waals surface area contributed by atoms with Gasteiger partial charge >= 0.3 is 0 Å². The first kappa shape index (κ1) is 18.9. The Balaban J connectivity index is 2.17. The van der Waals surface area contributed by atoms with Crippen LogP contribution in [-0.4, -0.2) is 59.8 Å². The third-order valence-corrected chi connectivity index (χ3v) is 3.71. The summed E-state index contributed by atoms with van der Waals surface area (Å²) in [6, 6.07) is 5.43. The zero-order chi connectivity index (χ0) is 18.4. The number of carbonyl (C=O) groups is 2. The molecule has 0 spiro atoms. The molecule has 0 aliphatic rings. The molecule has 0 atom stereocenters. The predicted molar refractivity (Wildman–Crippen MR) is 97.9 cm³/mol. The van der Waals surface area contributed by atoms with Crippen LogP contribution < -0.4 is 10.6 Å². The molecule has 2 aromatic rings. The molecule has 2 N–H and O–H groups in total. The van der Waals surface area contributed by atoms with Gasteiger partial charge < -0.3 is 15.5 Å². The summed E-state index contributed by atoms with van der Waals surface area (Å²) in [6.07, 6.45) is 2.60. The summed E-state index contributed by atoms with van der Waals surface area (Å²) in [5.74, 6) is 0.0382. The Hall–Kier alpha value is -2.41. The summed E-state index contributed by atoms with van der Waals surface area (Å²) in [7, 11) is 3.99. The molecule has 0 fully saturated rings. The van der Waals surface area contributed by atoms with Crippen LogP contribution >= 0.6 is 0 Å². The van der Waals surface area contributed by atoms with E-state index in [0.717, 1.165) is 13.0 Å². The molecule has 0 radical (unpaired) electrons. The number of aromatic nitrogens is 2. The van der Waals surface area contributed by atoms with Gasteiger partial charge in [-0.3, -0.25) is 14.0 Å². The second kappa shape index (κ2) is 8.62. The minimum absolute atomic E-state index is 0.231. The Bertz CT molecular complexity index is 736. The van der Waals surface area contributed by atoms with E-state index < -0.39 is 0 Å². The lowest BCUT2D eigenvalue weighted by Gasteiger charge is -2.09. The third kappa shape index (κ3) is 5.03. The molecule has 0 aromatic carbocycles. The number of fused-ring (bicyclic) bond motifs is 1. The average molecular weight is 345 g/mol. The van der Waals surface area contributed by atoms with Crippen molar-refractivity contribution in [2.45, 2.75) is 20.3 Å². The van der Waals surface area contributed by atoms with Crippen LogP contribution in [-0.2, 0) is 0 Å². The van der Waals surface area contributed by atoms with Crippen LogP contribution in [0.25, 0.3) is 5.52 Å². The molecule has 7 heteroatoms. The van der Waals surface area contributed by atoms with Crippen LogP contribution in [0.2, 0.25) is 0 Å². The average Bonchev–Trinajstić information content (AvgIpc) is 2.96. The Morgan fingerprint density at radius 3 is 2.64 bits per heavy atom. The van der Waals surface area contributed by atoms with Crippen molar-refractivity contribution < 1.29 is 9.59 Å². The molecule has 0 unspecified atom stereocenters. The highest BCUT2D eigenvalue weighted by molar-refractivity contribution is 6.02. The minimum atomic E-state index is -0.276. The van der Waals surface area contributed by atoms with Crippen LogP contribution in [0.15, 0.2) is 24.4 Å². The zero-order valence-electron chi connectivity index (χ0n) is 15.4. The first-order valence-corrected chi connectivity index (χ1v) is 8.58. The lowest BCUT2D eigenvalue weighted by Crippen LogP contribution is -2.29. The number of nitrogens with one attached hydrogen (secondary N) is 2. The number of hydrogen-bond acceptors (Lipinski definition) is 4. The number of rotatable bonds is 8. The normalized spacial score (nSPS) is 11.3. The molecule has 7 nitrogen and oxygen atoms in total. The summed E-state index contributed by atoms with van der Waals surface area (Å²) in [5, 5.41) is 5.72. The van der Waals surface area contributed by atoms with Crippen molar-refractivity contribution >= 4 is 17.3 Å². The number of hydrogen-bond donors (Lipinski definition) is 2. The first-order chi connectivity index (χ1) is 11.9. The molecule has 0 saturated carbocycles. The molecule has 0 bridgehead atoms. The molecule has 136 valence electrons. The van der Waals surface area contributed by atoms with Crippen LogP contribution in [0, 0.1) is 5.92 Å². The van der Waals surface area contributed by atoms with E-state index in [1.54, 1.807) is 16.7 Å². The second-order valence-electron chi connectivity index (χ2n) is 6.76. The van der Waals surface area contributed by atoms with Crippen LogP contribution in [0.5, 0.6) is 0 Å². The van der Waals surface area contributed by atoms with Gasteiger partial charge in [0, 0.05) is 19.3 Å². The number of pyridine rings is 1. The largest absolute Gasteiger partial charge is 0.351 e. The molecule has 2 rings (SSSR count). The predicted octanol–water partition coefficient (Wildman–Crippen LogP) is 1.40. The summed E-state index contributed by atoms with van der Waals surface area (Å²) in [5.41, 5.74) is 0.905. The standard InChI is InChI=1S/C18H27N5O2/c1-13(2)12-20-18(25)16-21-15(14-8-5-6-11-23(14)16)17(24)19-9-7-10-22(3)4/h5-6,8,11,13H,7,9-10,12H2,1-4H3,(H,19,24)(H,20,25). The smallest absolute Gasteiger partial charge is 0.287 e. The van der Waals surface area contributed by atoms with E-state index in [1.165, 1.54) is 0 Å². The molecular weight excluding hydrogens is 318 g/mol. The first-order valence-electron chi connectivity index (χ1n) is 8.58. The summed E-state index contributed by atoms with van der Waals surface area (Å²) in [6.45, 7) is 6.07. The summed E-state index contributed by atoms with van der Waals surface area (Å²) in [4.78, 5) is 31.3. The molecule has 0 aliphatic heterocycles. The Morgan fingerprint density at radius 1 is 1.20 bits per heavy atom. The fraction of sp³-hybridized carbons (Fsp3) is 0.500. The van der Waals surface area contributed by atoms with E-state index >= 15 is 0 Å². The van der Waals surface area contributed by atoms with Crippen LogP contribution in [0.1, 0.15) is 41.4 Å². The van der Waals surface area contributed by atoms with E-state index in [2.05, 4.69) is 20.5 Å². The second-order valence-corrected chi connectivity index (χ2v) is 6.76. The minimum Gasteiger partial charge on any atom is -0.351 e. The third-order valence-electron chi connectivity index (χ3n) is 3.71. The highest BCUT2D eigenvalue weighted by Gasteiger charge is 2.21. The highest BCUT2D eigenvalue weighted by Crippen LogP contribution is 2.13.